The lowest BCUT2D eigenvalue weighted by atomic mass is 10.1. The third-order valence-corrected chi connectivity index (χ3v) is 3.38. The molecule has 0 spiro atoms. The van der Waals surface area contributed by atoms with Crippen molar-refractivity contribution < 1.29 is 4.42 Å². The van der Waals surface area contributed by atoms with Crippen molar-refractivity contribution in [2.24, 2.45) is 0 Å². The highest BCUT2D eigenvalue weighted by Crippen LogP contribution is 2.25. The zero-order valence-corrected chi connectivity index (χ0v) is 11.7. The second-order valence-corrected chi connectivity index (χ2v) is 5.19. The minimum absolute atomic E-state index is 0.214. The van der Waals surface area contributed by atoms with Crippen LogP contribution in [-0.4, -0.2) is 11.0 Å². The lowest BCUT2D eigenvalue weighted by Gasteiger charge is -2.16. The molecule has 0 radical (unpaired) electrons. The van der Waals surface area contributed by atoms with Crippen molar-refractivity contribution in [1.29, 1.82) is 0 Å². The number of nitrogen functional groups attached to an aromatic ring is 1. The van der Waals surface area contributed by atoms with E-state index >= 15 is 0 Å². The summed E-state index contributed by atoms with van der Waals surface area (Å²) < 4.78 is 4.99. The molecule has 0 aliphatic rings. The highest BCUT2D eigenvalue weighted by atomic mass is 16.4. The maximum absolute atomic E-state index is 11.2. The lowest BCUT2D eigenvalue weighted by molar-refractivity contribution is 0.555. The molecule has 0 aliphatic carbocycles. The van der Waals surface area contributed by atoms with Gasteiger partial charge in [-0.05, 0) is 25.0 Å². The molecule has 5 nitrogen and oxygen atoms in total. The summed E-state index contributed by atoms with van der Waals surface area (Å²) in [7, 11) is 0. The molecular weight excluding hydrogens is 266 g/mol. The third-order valence-electron chi connectivity index (χ3n) is 3.38. The van der Waals surface area contributed by atoms with E-state index in [1.54, 1.807) is 12.1 Å². The molecule has 0 aliphatic heterocycles. The van der Waals surface area contributed by atoms with Gasteiger partial charge in [-0.3, -0.25) is 4.98 Å². The first-order valence-corrected chi connectivity index (χ1v) is 6.84. The molecule has 0 saturated carbocycles. The van der Waals surface area contributed by atoms with E-state index in [0.717, 1.165) is 12.1 Å². The minimum atomic E-state index is -0.473. The van der Waals surface area contributed by atoms with Crippen LogP contribution in [-0.2, 0) is 6.42 Å². The summed E-state index contributed by atoms with van der Waals surface area (Å²) in [5.74, 6) is -0.473. The maximum Gasteiger partial charge on any atom is 0.417 e. The van der Waals surface area contributed by atoms with Crippen molar-refractivity contribution in [3.63, 3.8) is 0 Å². The van der Waals surface area contributed by atoms with E-state index in [1.807, 2.05) is 18.2 Å². The molecular formula is C16H17N3O2. The summed E-state index contributed by atoms with van der Waals surface area (Å²) >= 11 is 0. The molecule has 0 saturated heterocycles. The van der Waals surface area contributed by atoms with Crippen LogP contribution in [0.2, 0.25) is 0 Å². The number of hydrogen-bond acceptors (Lipinski definition) is 4. The number of fused-ring (bicyclic) bond motifs is 1. The Balaban J connectivity index is 1.80. The number of rotatable bonds is 4. The van der Waals surface area contributed by atoms with E-state index in [0.29, 0.717) is 16.8 Å². The lowest BCUT2D eigenvalue weighted by Crippen LogP contribution is -2.18. The van der Waals surface area contributed by atoms with Gasteiger partial charge in [-0.15, -0.1) is 0 Å². The predicted octanol–water partition coefficient (Wildman–Crippen LogP) is 2.75. The topological polar surface area (TPSA) is 84.0 Å². The van der Waals surface area contributed by atoms with Gasteiger partial charge in [0.15, 0.2) is 5.58 Å². The first kappa shape index (κ1) is 13.3. The zero-order valence-electron chi connectivity index (χ0n) is 11.7. The van der Waals surface area contributed by atoms with Crippen molar-refractivity contribution in [2.45, 2.75) is 19.4 Å². The molecule has 0 bridgehead atoms. The predicted molar refractivity (Wildman–Crippen MR) is 84.5 cm³/mol. The van der Waals surface area contributed by atoms with Crippen LogP contribution < -0.4 is 16.8 Å². The highest BCUT2D eigenvalue weighted by Gasteiger charge is 2.09. The summed E-state index contributed by atoms with van der Waals surface area (Å²) in [5.41, 5.74) is 9.73. The van der Waals surface area contributed by atoms with E-state index in [9.17, 15) is 4.79 Å². The molecule has 1 heterocycles. The number of aromatic amines is 1. The van der Waals surface area contributed by atoms with Gasteiger partial charge in [-0.25, -0.2) is 4.79 Å². The number of anilines is 2. The SMILES string of the molecule is CC(Cc1ccccc1)Nc1cc2[nH]c(=O)oc2cc1N. The van der Waals surface area contributed by atoms with E-state index < -0.39 is 5.76 Å². The zero-order chi connectivity index (χ0) is 14.8. The fourth-order valence-corrected chi connectivity index (χ4v) is 2.42. The summed E-state index contributed by atoms with van der Waals surface area (Å²) in [5, 5.41) is 3.37. The largest absolute Gasteiger partial charge is 0.417 e. The average Bonchev–Trinajstić information content (AvgIpc) is 2.79. The number of H-pyrrole nitrogens is 1. The second kappa shape index (κ2) is 5.36. The Kier molecular flexibility index (Phi) is 3.39. The van der Waals surface area contributed by atoms with Crippen LogP contribution in [0.4, 0.5) is 11.4 Å². The van der Waals surface area contributed by atoms with Crippen molar-refractivity contribution in [1.82, 2.24) is 4.98 Å². The van der Waals surface area contributed by atoms with Crippen LogP contribution in [0.1, 0.15) is 12.5 Å². The van der Waals surface area contributed by atoms with Gasteiger partial charge >= 0.3 is 5.76 Å². The van der Waals surface area contributed by atoms with Gasteiger partial charge < -0.3 is 15.5 Å². The standard InChI is InChI=1S/C16H17N3O2/c1-10(7-11-5-3-2-4-6-11)18-13-9-14-15(8-12(13)17)21-16(20)19-14/h2-6,8-10,18H,7,17H2,1H3,(H,19,20). The van der Waals surface area contributed by atoms with E-state index in [-0.39, 0.29) is 6.04 Å². The molecule has 1 aromatic heterocycles. The Labute approximate surface area is 121 Å². The molecule has 108 valence electrons. The van der Waals surface area contributed by atoms with E-state index in [1.165, 1.54) is 5.56 Å². The van der Waals surface area contributed by atoms with Gasteiger partial charge in [-0.2, -0.15) is 0 Å². The fourth-order valence-electron chi connectivity index (χ4n) is 2.42. The average molecular weight is 283 g/mol. The first-order valence-electron chi connectivity index (χ1n) is 6.84. The Hall–Kier alpha value is -2.69. The van der Waals surface area contributed by atoms with Crippen LogP contribution in [0.3, 0.4) is 0 Å². The van der Waals surface area contributed by atoms with Crippen LogP contribution in [0.15, 0.2) is 51.7 Å². The third kappa shape index (κ3) is 2.91. The Morgan fingerprint density at radius 3 is 2.81 bits per heavy atom. The monoisotopic (exact) mass is 283 g/mol. The minimum Gasteiger partial charge on any atom is -0.408 e. The molecule has 0 amide bonds. The van der Waals surface area contributed by atoms with Crippen LogP contribution in [0, 0.1) is 0 Å². The Morgan fingerprint density at radius 1 is 1.29 bits per heavy atom. The van der Waals surface area contributed by atoms with Crippen LogP contribution in [0.25, 0.3) is 11.1 Å². The van der Waals surface area contributed by atoms with Crippen molar-refractivity contribution in [3.8, 4) is 0 Å². The molecule has 2 aromatic carbocycles. The number of benzene rings is 2. The molecule has 4 N–H and O–H groups in total. The number of nitrogens with two attached hydrogens (primary N) is 1. The molecule has 21 heavy (non-hydrogen) atoms. The normalized spacial score (nSPS) is 12.4. The van der Waals surface area contributed by atoms with Crippen LogP contribution in [0.5, 0.6) is 0 Å². The Morgan fingerprint density at radius 2 is 2.05 bits per heavy atom. The van der Waals surface area contributed by atoms with E-state index in [4.69, 9.17) is 10.2 Å². The second-order valence-electron chi connectivity index (χ2n) is 5.19. The quantitative estimate of drug-likeness (QED) is 0.643. The van der Waals surface area contributed by atoms with Gasteiger partial charge in [0.05, 0.1) is 16.9 Å². The van der Waals surface area contributed by atoms with Gasteiger partial charge in [0.1, 0.15) is 0 Å². The summed E-state index contributed by atoms with van der Waals surface area (Å²) in [6, 6.07) is 13.9. The maximum atomic E-state index is 11.2. The number of aromatic nitrogens is 1. The number of oxazole rings is 1. The Bertz CT molecular complexity index is 805. The van der Waals surface area contributed by atoms with Gasteiger partial charge in [0.2, 0.25) is 0 Å². The molecule has 5 heteroatoms. The first-order chi connectivity index (χ1) is 10.1. The van der Waals surface area contributed by atoms with Crippen molar-refractivity contribution >= 4 is 22.5 Å². The van der Waals surface area contributed by atoms with Crippen molar-refractivity contribution in [2.75, 3.05) is 11.1 Å². The fraction of sp³-hybridized carbons (Fsp3) is 0.188. The number of hydrogen-bond donors (Lipinski definition) is 3. The summed E-state index contributed by atoms with van der Waals surface area (Å²) in [6.07, 6.45) is 0.889. The molecule has 0 fully saturated rings. The van der Waals surface area contributed by atoms with Crippen molar-refractivity contribution in [3.05, 3.63) is 58.6 Å². The smallest absolute Gasteiger partial charge is 0.408 e. The van der Waals surface area contributed by atoms with Crippen LogP contribution >= 0.6 is 0 Å². The summed E-state index contributed by atoms with van der Waals surface area (Å²) in [6.45, 7) is 2.09. The van der Waals surface area contributed by atoms with Gasteiger partial charge in [-0.1, -0.05) is 30.3 Å². The van der Waals surface area contributed by atoms with E-state index in [2.05, 4.69) is 29.4 Å². The molecule has 3 rings (SSSR count). The number of nitrogens with one attached hydrogen (secondary N) is 2. The summed E-state index contributed by atoms with van der Waals surface area (Å²) in [4.78, 5) is 13.8. The molecule has 1 unspecified atom stereocenters. The molecule has 3 aromatic rings. The van der Waals surface area contributed by atoms with Gasteiger partial charge in [0.25, 0.3) is 0 Å². The molecule has 1 atom stereocenters. The van der Waals surface area contributed by atoms with Gasteiger partial charge in [0, 0.05) is 12.1 Å². The highest BCUT2D eigenvalue weighted by molar-refractivity contribution is 5.85.